The highest BCUT2D eigenvalue weighted by atomic mass is 16.4. The van der Waals surface area contributed by atoms with Crippen LogP contribution in [-0.4, -0.2) is 55.9 Å². The molecule has 5 rings (SSSR count). The Morgan fingerprint density at radius 3 is 2.06 bits per heavy atom. The molecule has 204 valence electrons. The van der Waals surface area contributed by atoms with Crippen molar-refractivity contribution in [2.24, 2.45) is 50.2 Å². The van der Waals surface area contributed by atoms with Gasteiger partial charge in [0.15, 0.2) is 0 Å². The molecule has 0 aromatic carbocycles. The molecule has 5 N–H and O–H groups in total. The molecule has 0 heterocycles. The third kappa shape index (κ3) is 2.91. The zero-order valence-electron chi connectivity index (χ0n) is 23.2. The number of carbonyl (C=O) groups is 1. The molecule has 0 amide bonds. The van der Waals surface area contributed by atoms with Crippen molar-refractivity contribution in [3.63, 3.8) is 0 Å². The van der Waals surface area contributed by atoms with Gasteiger partial charge < -0.3 is 25.5 Å². The first kappa shape index (κ1) is 26.6. The summed E-state index contributed by atoms with van der Waals surface area (Å²) in [5.41, 5.74) is -1.33. The summed E-state index contributed by atoms with van der Waals surface area (Å²) in [6.07, 6.45) is 3.99. The number of carboxylic acids is 1. The normalized spacial score (nSPS) is 58.0. The summed E-state index contributed by atoms with van der Waals surface area (Å²) >= 11 is 0. The van der Waals surface area contributed by atoms with Gasteiger partial charge in [-0.05, 0) is 91.3 Å². The van der Waals surface area contributed by atoms with Crippen molar-refractivity contribution in [3.05, 3.63) is 11.6 Å². The maximum Gasteiger partial charge on any atom is 0.312 e. The Balaban J connectivity index is 1.60. The van der Waals surface area contributed by atoms with Gasteiger partial charge in [0.2, 0.25) is 0 Å². The minimum atomic E-state index is -1.39. The van der Waals surface area contributed by atoms with Crippen molar-refractivity contribution in [1.82, 2.24) is 0 Å². The topological polar surface area (TPSA) is 118 Å². The molecule has 0 aromatic heterocycles. The second kappa shape index (κ2) is 7.58. The fourth-order valence-electron chi connectivity index (χ4n) is 10.8. The number of aliphatic carboxylic acids is 1. The van der Waals surface area contributed by atoms with Crippen molar-refractivity contribution >= 4 is 5.97 Å². The molecular weight excluding hydrogens is 456 g/mol. The van der Waals surface area contributed by atoms with E-state index in [0.29, 0.717) is 24.7 Å². The summed E-state index contributed by atoms with van der Waals surface area (Å²) in [6.45, 7) is 15.0. The molecule has 0 aliphatic heterocycles. The lowest BCUT2D eigenvalue weighted by molar-refractivity contribution is -0.238. The van der Waals surface area contributed by atoms with Crippen LogP contribution in [0.4, 0.5) is 0 Å². The van der Waals surface area contributed by atoms with Gasteiger partial charge in [0.25, 0.3) is 0 Å². The molecule has 5 aliphatic rings. The van der Waals surface area contributed by atoms with Gasteiger partial charge in [0, 0.05) is 5.41 Å². The predicted octanol–water partition coefficient (Wildman–Crippen LogP) is 4.15. The first-order valence-corrected chi connectivity index (χ1v) is 14.1. The average Bonchev–Trinajstić information content (AvgIpc) is 2.78. The average molecular weight is 505 g/mol. The van der Waals surface area contributed by atoms with E-state index in [4.69, 9.17) is 0 Å². The van der Waals surface area contributed by atoms with Crippen LogP contribution in [0, 0.1) is 50.2 Å². The molecule has 6 heteroatoms. The Morgan fingerprint density at radius 1 is 0.806 bits per heavy atom. The lowest BCUT2D eigenvalue weighted by Gasteiger charge is -2.72. The van der Waals surface area contributed by atoms with Crippen molar-refractivity contribution < 1.29 is 30.3 Å². The van der Waals surface area contributed by atoms with Crippen molar-refractivity contribution in [2.45, 2.75) is 118 Å². The van der Waals surface area contributed by atoms with Crippen molar-refractivity contribution in [2.75, 3.05) is 0 Å². The van der Waals surface area contributed by atoms with E-state index in [1.165, 1.54) is 5.57 Å². The Kier molecular flexibility index (Phi) is 5.61. The van der Waals surface area contributed by atoms with Gasteiger partial charge in [0.05, 0.1) is 29.8 Å². The number of allylic oxidation sites excluding steroid dienone is 2. The van der Waals surface area contributed by atoms with Crippen LogP contribution in [-0.2, 0) is 4.79 Å². The molecule has 0 bridgehead atoms. The van der Waals surface area contributed by atoms with Gasteiger partial charge in [-0.2, -0.15) is 0 Å². The fourth-order valence-corrected chi connectivity index (χ4v) is 10.8. The van der Waals surface area contributed by atoms with E-state index in [2.05, 4.69) is 40.7 Å². The largest absolute Gasteiger partial charge is 0.481 e. The summed E-state index contributed by atoms with van der Waals surface area (Å²) in [7, 11) is 0. The third-order valence-electron chi connectivity index (χ3n) is 13.5. The Labute approximate surface area is 216 Å². The number of rotatable bonds is 1. The first-order chi connectivity index (χ1) is 16.4. The predicted molar refractivity (Wildman–Crippen MR) is 137 cm³/mol. The Morgan fingerprint density at radius 2 is 1.44 bits per heavy atom. The molecule has 36 heavy (non-hydrogen) atoms. The van der Waals surface area contributed by atoms with E-state index >= 15 is 0 Å². The third-order valence-corrected chi connectivity index (χ3v) is 13.5. The van der Waals surface area contributed by atoms with Gasteiger partial charge in [-0.3, -0.25) is 4.79 Å². The molecule has 6 nitrogen and oxygen atoms in total. The van der Waals surface area contributed by atoms with Crippen LogP contribution in [0.1, 0.15) is 93.4 Å². The SMILES string of the molecule is CC1(C(=O)O)C[C@H]2C3=CC[C@@H]4[C@@]5(C)C[C@@H](O)[C@H](O)C(C)(C)C5CC[C@@]4(C)[C@]3(C)CC[C@@]2(C)[C@H](O)[C@@H]1O. The van der Waals surface area contributed by atoms with Gasteiger partial charge in [-0.15, -0.1) is 0 Å². The van der Waals surface area contributed by atoms with Gasteiger partial charge in [0.1, 0.15) is 0 Å². The minimum absolute atomic E-state index is 0.0393. The lowest BCUT2D eigenvalue weighted by Crippen LogP contribution is -2.68. The van der Waals surface area contributed by atoms with Crippen LogP contribution in [0.3, 0.4) is 0 Å². The maximum absolute atomic E-state index is 12.3. The van der Waals surface area contributed by atoms with Gasteiger partial charge >= 0.3 is 5.97 Å². The van der Waals surface area contributed by atoms with Crippen LogP contribution in [0.15, 0.2) is 11.6 Å². The monoisotopic (exact) mass is 504 g/mol. The number of aliphatic hydroxyl groups excluding tert-OH is 4. The zero-order chi connectivity index (χ0) is 26.9. The van der Waals surface area contributed by atoms with Crippen LogP contribution < -0.4 is 0 Å². The number of fused-ring (bicyclic) bond motifs is 7. The van der Waals surface area contributed by atoms with E-state index in [1.54, 1.807) is 6.92 Å². The second-order valence-corrected chi connectivity index (χ2v) is 15.2. The summed E-state index contributed by atoms with van der Waals surface area (Å²) in [5, 5.41) is 54.2. The highest BCUT2D eigenvalue weighted by molar-refractivity contribution is 5.75. The second-order valence-electron chi connectivity index (χ2n) is 15.2. The molecule has 0 aromatic rings. The van der Waals surface area contributed by atoms with Crippen LogP contribution in [0.2, 0.25) is 0 Å². The van der Waals surface area contributed by atoms with E-state index < -0.39 is 41.2 Å². The number of hydrogen-bond acceptors (Lipinski definition) is 5. The first-order valence-electron chi connectivity index (χ1n) is 14.1. The molecule has 5 aliphatic carbocycles. The summed E-state index contributed by atoms with van der Waals surface area (Å²) in [5.74, 6) is -0.493. The summed E-state index contributed by atoms with van der Waals surface area (Å²) < 4.78 is 0. The molecule has 4 saturated carbocycles. The lowest BCUT2D eigenvalue weighted by atomic mass is 9.33. The highest BCUT2D eigenvalue weighted by Crippen LogP contribution is 2.75. The number of aliphatic hydroxyl groups is 4. The van der Waals surface area contributed by atoms with Crippen LogP contribution in [0.5, 0.6) is 0 Å². The fraction of sp³-hybridized carbons (Fsp3) is 0.900. The molecule has 0 saturated heterocycles. The Hall–Kier alpha value is -0.950. The highest BCUT2D eigenvalue weighted by Gasteiger charge is 2.70. The van der Waals surface area contributed by atoms with E-state index in [0.717, 1.165) is 32.1 Å². The molecular formula is C30H48O6. The van der Waals surface area contributed by atoms with E-state index in [-0.39, 0.29) is 27.6 Å². The van der Waals surface area contributed by atoms with Crippen LogP contribution >= 0.6 is 0 Å². The quantitative estimate of drug-likeness (QED) is 0.343. The van der Waals surface area contributed by atoms with Crippen molar-refractivity contribution in [1.29, 1.82) is 0 Å². The van der Waals surface area contributed by atoms with E-state index in [9.17, 15) is 30.3 Å². The smallest absolute Gasteiger partial charge is 0.312 e. The maximum atomic E-state index is 12.3. The molecule has 0 spiro atoms. The molecule has 2 unspecified atom stereocenters. The van der Waals surface area contributed by atoms with Gasteiger partial charge in [-0.1, -0.05) is 53.2 Å². The van der Waals surface area contributed by atoms with Gasteiger partial charge in [-0.25, -0.2) is 0 Å². The zero-order valence-corrected chi connectivity index (χ0v) is 23.2. The molecule has 0 radical (unpaired) electrons. The number of carboxylic acid groups (broad SMARTS) is 1. The molecule has 4 fully saturated rings. The molecule has 12 atom stereocenters. The summed E-state index contributed by atoms with van der Waals surface area (Å²) in [6, 6.07) is 0. The number of hydrogen-bond donors (Lipinski definition) is 5. The van der Waals surface area contributed by atoms with E-state index in [1.807, 2.05) is 6.92 Å². The standard InChI is InChI=1S/C30H48O6/c1-25(2)19-10-11-30(7)20(27(19,4)15-18(31)21(25)32)9-8-16-17-14-28(5,24(35)36)23(34)22(33)26(17,3)12-13-29(16,30)6/h8,17-23,31-34H,9-15H2,1-7H3,(H,35,36)/t17-,18+,19?,20+,21-,22+,23-,26+,27-,28?,29+,30+/m0/s1. The van der Waals surface area contributed by atoms with Crippen molar-refractivity contribution in [3.8, 4) is 0 Å². The van der Waals surface area contributed by atoms with Crippen LogP contribution in [0.25, 0.3) is 0 Å². The minimum Gasteiger partial charge on any atom is -0.481 e. The Bertz CT molecular complexity index is 990. The summed E-state index contributed by atoms with van der Waals surface area (Å²) in [4.78, 5) is 12.3.